The molecule has 8 heteroatoms. The van der Waals surface area contributed by atoms with Crippen molar-refractivity contribution in [3.8, 4) is 5.75 Å². The maximum absolute atomic E-state index is 11.7. The molecule has 0 atom stereocenters. The molecule has 0 aliphatic heterocycles. The Morgan fingerprint density at radius 3 is 2.52 bits per heavy atom. The summed E-state index contributed by atoms with van der Waals surface area (Å²) in [6.45, 7) is 1.47. The third kappa shape index (κ3) is 6.99. The summed E-state index contributed by atoms with van der Waals surface area (Å²) in [6.07, 6.45) is 1.37. The number of carboxylic acid groups (broad SMARTS) is 1. The standard InChI is InChI=1S/C19H19N3O5/c1-13-3-2-4-16(9-13)27-12-18(24)20-11-17(23)22-21-10-14-5-7-15(8-6-14)19(25)26/h2-10H,11-12H2,1H3,(H,20,24)(H,22,23)(H,25,26). The number of nitrogens with one attached hydrogen (secondary N) is 2. The van der Waals surface area contributed by atoms with E-state index in [0.717, 1.165) is 5.56 Å². The number of hydrazone groups is 1. The summed E-state index contributed by atoms with van der Waals surface area (Å²) in [7, 11) is 0. The van der Waals surface area contributed by atoms with E-state index in [2.05, 4.69) is 15.8 Å². The lowest BCUT2D eigenvalue weighted by molar-refractivity contribution is -0.127. The molecule has 0 saturated carbocycles. The highest BCUT2D eigenvalue weighted by Crippen LogP contribution is 2.11. The van der Waals surface area contributed by atoms with E-state index in [-0.39, 0.29) is 18.7 Å². The summed E-state index contributed by atoms with van der Waals surface area (Å²) in [5.41, 5.74) is 4.06. The topological polar surface area (TPSA) is 117 Å². The van der Waals surface area contributed by atoms with Gasteiger partial charge in [-0.3, -0.25) is 9.59 Å². The van der Waals surface area contributed by atoms with Gasteiger partial charge in [0.15, 0.2) is 6.61 Å². The molecule has 0 bridgehead atoms. The summed E-state index contributed by atoms with van der Waals surface area (Å²) in [6, 6.07) is 13.3. The molecule has 0 saturated heterocycles. The first-order valence-corrected chi connectivity index (χ1v) is 8.05. The van der Waals surface area contributed by atoms with Gasteiger partial charge in [-0.25, -0.2) is 10.2 Å². The van der Waals surface area contributed by atoms with Crippen molar-refractivity contribution in [2.45, 2.75) is 6.92 Å². The fraction of sp³-hybridized carbons (Fsp3) is 0.158. The largest absolute Gasteiger partial charge is 0.484 e. The van der Waals surface area contributed by atoms with Gasteiger partial charge < -0.3 is 15.2 Å². The number of amides is 2. The monoisotopic (exact) mass is 369 g/mol. The lowest BCUT2D eigenvalue weighted by Crippen LogP contribution is -2.37. The Kier molecular flexibility index (Phi) is 7.07. The van der Waals surface area contributed by atoms with Crippen LogP contribution in [0.2, 0.25) is 0 Å². The highest BCUT2D eigenvalue weighted by Gasteiger charge is 2.06. The molecule has 140 valence electrons. The number of aromatic carboxylic acids is 1. The lowest BCUT2D eigenvalue weighted by atomic mass is 10.1. The Bertz CT molecular complexity index is 847. The van der Waals surface area contributed by atoms with Gasteiger partial charge in [-0.05, 0) is 42.3 Å². The Balaban J connectivity index is 1.69. The summed E-state index contributed by atoms with van der Waals surface area (Å²) in [5, 5.41) is 15.0. The first-order chi connectivity index (χ1) is 12.9. The number of hydrogen-bond donors (Lipinski definition) is 3. The molecule has 2 aromatic rings. The van der Waals surface area contributed by atoms with Crippen molar-refractivity contribution in [2.75, 3.05) is 13.2 Å². The zero-order valence-electron chi connectivity index (χ0n) is 14.6. The minimum Gasteiger partial charge on any atom is -0.484 e. The number of aryl methyl sites for hydroxylation is 1. The number of benzene rings is 2. The predicted octanol–water partition coefficient (Wildman–Crippen LogP) is 1.34. The van der Waals surface area contributed by atoms with E-state index < -0.39 is 17.8 Å². The number of nitrogens with zero attached hydrogens (tertiary/aromatic N) is 1. The lowest BCUT2D eigenvalue weighted by Gasteiger charge is -2.07. The van der Waals surface area contributed by atoms with Crippen LogP contribution >= 0.6 is 0 Å². The summed E-state index contributed by atoms with van der Waals surface area (Å²) in [4.78, 5) is 34.1. The Morgan fingerprint density at radius 1 is 1.11 bits per heavy atom. The molecule has 0 fully saturated rings. The number of carbonyl (C=O) groups excluding carboxylic acids is 2. The predicted molar refractivity (Wildman–Crippen MR) is 98.8 cm³/mol. The van der Waals surface area contributed by atoms with Crippen LogP contribution in [0.1, 0.15) is 21.5 Å². The van der Waals surface area contributed by atoms with Crippen LogP contribution in [-0.4, -0.2) is 42.3 Å². The molecule has 0 spiro atoms. The van der Waals surface area contributed by atoms with Crippen molar-refractivity contribution < 1.29 is 24.2 Å². The number of rotatable bonds is 8. The third-order valence-corrected chi connectivity index (χ3v) is 3.37. The van der Waals surface area contributed by atoms with E-state index in [4.69, 9.17) is 9.84 Å². The van der Waals surface area contributed by atoms with Gasteiger partial charge in [0.2, 0.25) is 0 Å². The molecule has 0 radical (unpaired) electrons. The molecule has 3 N–H and O–H groups in total. The normalized spacial score (nSPS) is 10.4. The molecule has 8 nitrogen and oxygen atoms in total. The zero-order valence-corrected chi connectivity index (χ0v) is 14.6. The van der Waals surface area contributed by atoms with E-state index in [1.165, 1.54) is 18.3 Å². The molecule has 2 amide bonds. The van der Waals surface area contributed by atoms with Crippen molar-refractivity contribution in [3.63, 3.8) is 0 Å². The second-order valence-corrected chi connectivity index (χ2v) is 5.60. The van der Waals surface area contributed by atoms with Gasteiger partial charge in [0.1, 0.15) is 5.75 Å². The number of ether oxygens (including phenoxy) is 1. The van der Waals surface area contributed by atoms with Gasteiger partial charge in [-0.15, -0.1) is 0 Å². The van der Waals surface area contributed by atoms with Crippen molar-refractivity contribution in [3.05, 3.63) is 65.2 Å². The fourth-order valence-electron chi connectivity index (χ4n) is 2.01. The average Bonchev–Trinajstić information content (AvgIpc) is 2.65. The zero-order chi connectivity index (χ0) is 19.6. The highest BCUT2D eigenvalue weighted by molar-refractivity contribution is 5.90. The first kappa shape index (κ1) is 19.6. The van der Waals surface area contributed by atoms with Crippen molar-refractivity contribution in [1.29, 1.82) is 0 Å². The van der Waals surface area contributed by atoms with Gasteiger partial charge >= 0.3 is 5.97 Å². The molecule has 2 aromatic carbocycles. The van der Waals surface area contributed by atoms with Crippen molar-refractivity contribution in [2.24, 2.45) is 5.10 Å². The quantitative estimate of drug-likeness (QED) is 0.479. The van der Waals surface area contributed by atoms with Crippen LogP contribution in [0, 0.1) is 6.92 Å². The van der Waals surface area contributed by atoms with Gasteiger partial charge in [0.05, 0.1) is 18.3 Å². The fourth-order valence-corrected chi connectivity index (χ4v) is 2.01. The smallest absolute Gasteiger partial charge is 0.335 e. The van der Waals surface area contributed by atoms with Crippen LogP contribution < -0.4 is 15.5 Å². The van der Waals surface area contributed by atoms with E-state index in [1.807, 2.05) is 19.1 Å². The number of carbonyl (C=O) groups is 3. The van der Waals surface area contributed by atoms with Crippen LogP contribution in [0.4, 0.5) is 0 Å². The molecule has 0 unspecified atom stereocenters. The minimum absolute atomic E-state index is 0.159. The van der Waals surface area contributed by atoms with E-state index >= 15 is 0 Å². The third-order valence-electron chi connectivity index (χ3n) is 3.37. The van der Waals surface area contributed by atoms with E-state index in [9.17, 15) is 14.4 Å². The maximum atomic E-state index is 11.7. The molecule has 0 aromatic heterocycles. The summed E-state index contributed by atoms with van der Waals surface area (Å²) >= 11 is 0. The van der Waals surface area contributed by atoms with Gasteiger partial charge in [-0.2, -0.15) is 5.10 Å². The molecular weight excluding hydrogens is 350 g/mol. The van der Waals surface area contributed by atoms with E-state index in [1.54, 1.807) is 24.3 Å². The second-order valence-electron chi connectivity index (χ2n) is 5.60. The van der Waals surface area contributed by atoms with Gasteiger partial charge in [0, 0.05) is 0 Å². The second kappa shape index (κ2) is 9.71. The number of hydrogen-bond acceptors (Lipinski definition) is 5. The molecule has 0 aliphatic rings. The van der Waals surface area contributed by atoms with Crippen molar-refractivity contribution >= 4 is 24.0 Å². The molecule has 0 aliphatic carbocycles. The van der Waals surface area contributed by atoms with Crippen LogP contribution in [0.15, 0.2) is 53.6 Å². The van der Waals surface area contributed by atoms with Crippen molar-refractivity contribution in [1.82, 2.24) is 10.7 Å². The first-order valence-electron chi connectivity index (χ1n) is 8.05. The Hall–Kier alpha value is -3.68. The highest BCUT2D eigenvalue weighted by atomic mass is 16.5. The Labute approximate surface area is 155 Å². The maximum Gasteiger partial charge on any atom is 0.335 e. The average molecular weight is 369 g/mol. The van der Waals surface area contributed by atoms with Gasteiger partial charge in [0.25, 0.3) is 11.8 Å². The molecular formula is C19H19N3O5. The SMILES string of the molecule is Cc1cccc(OCC(=O)NCC(=O)NN=Cc2ccc(C(=O)O)cc2)c1. The van der Waals surface area contributed by atoms with Crippen LogP contribution in [0.5, 0.6) is 5.75 Å². The summed E-state index contributed by atoms with van der Waals surface area (Å²) < 4.78 is 5.33. The molecule has 27 heavy (non-hydrogen) atoms. The Morgan fingerprint density at radius 2 is 1.85 bits per heavy atom. The van der Waals surface area contributed by atoms with Crippen LogP contribution in [0.3, 0.4) is 0 Å². The minimum atomic E-state index is -1.02. The van der Waals surface area contributed by atoms with Crippen LogP contribution in [-0.2, 0) is 9.59 Å². The molecule has 2 rings (SSSR count). The molecule has 0 heterocycles. The van der Waals surface area contributed by atoms with Gasteiger partial charge in [-0.1, -0.05) is 24.3 Å². The van der Waals surface area contributed by atoms with E-state index in [0.29, 0.717) is 11.3 Å². The van der Waals surface area contributed by atoms with Crippen LogP contribution in [0.25, 0.3) is 0 Å². The summed E-state index contributed by atoms with van der Waals surface area (Å²) in [5.74, 6) is -1.38. The number of carboxylic acids is 1.